The van der Waals surface area contributed by atoms with Gasteiger partial charge in [-0.3, -0.25) is 4.79 Å². The Hall–Kier alpha value is -2.00. The molecule has 27 heavy (non-hydrogen) atoms. The van der Waals surface area contributed by atoms with E-state index in [1.165, 1.54) is 18.2 Å². The van der Waals surface area contributed by atoms with Crippen LogP contribution in [0.4, 0.5) is 10.1 Å². The molecule has 0 aliphatic rings. The van der Waals surface area contributed by atoms with E-state index in [9.17, 15) is 17.6 Å². The summed E-state index contributed by atoms with van der Waals surface area (Å²) in [6.45, 7) is 3.01. The fraction of sp³-hybridized carbons (Fsp3) is 0.278. The number of rotatable bonds is 9. The second kappa shape index (κ2) is 9.80. The molecule has 0 aliphatic heterocycles. The fourth-order valence-corrected chi connectivity index (χ4v) is 3.51. The van der Waals surface area contributed by atoms with Crippen LogP contribution in [0.15, 0.2) is 47.4 Å². The molecule has 0 heterocycles. The summed E-state index contributed by atoms with van der Waals surface area (Å²) in [4.78, 5) is 12.0. The first-order valence-corrected chi connectivity index (χ1v) is 10.1. The standard InChI is InChI=1S/C18H20ClFN2O4S/c1-2-26-11-5-10-21-27(24,25)13-8-9-17(16(20)12-13)22-18(23)14-6-3-4-7-15(14)19/h3-4,6-9,12,21H,2,5,10-11H2,1H3,(H,22,23). The summed E-state index contributed by atoms with van der Waals surface area (Å²) >= 11 is 5.94. The van der Waals surface area contributed by atoms with E-state index in [0.29, 0.717) is 19.6 Å². The van der Waals surface area contributed by atoms with Crippen LogP contribution in [0.2, 0.25) is 5.02 Å². The Kier molecular flexibility index (Phi) is 7.73. The van der Waals surface area contributed by atoms with E-state index in [4.69, 9.17) is 16.3 Å². The second-order valence-corrected chi connectivity index (χ2v) is 7.70. The molecule has 1 amide bonds. The molecule has 146 valence electrons. The maximum Gasteiger partial charge on any atom is 0.257 e. The van der Waals surface area contributed by atoms with Gasteiger partial charge >= 0.3 is 0 Å². The third kappa shape index (κ3) is 6.00. The molecule has 2 rings (SSSR count). The van der Waals surface area contributed by atoms with Gasteiger partial charge in [-0.1, -0.05) is 23.7 Å². The summed E-state index contributed by atoms with van der Waals surface area (Å²) < 4.78 is 46.2. The van der Waals surface area contributed by atoms with Crippen molar-refractivity contribution in [3.63, 3.8) is 0 Å². The first kappa shape index (κ1) is 21.3. The predicted molar refractivity (Wildman–Crippen MR) is 102 cm³/mol. The summed E-state index contributed by atoms with van der Waals surface area (Å²) in [6, 6.07) is 9.60. The van der Waals surface area contributed by atoms with Crippen molar-refractivity contribution in [3.8, 4) is 0 Å². The van der Waals surface area contributed by atoms with E-state index in [1.54, 1.807) is 18.2 Å². The molecule has 0 aromatic heterocycles. The lowest BCUT2D eigenvalue weighted by molar-refractivity contribution is 0.102. The number of sulfonamides is 1. The minimum atomic E-state index is -3.85. The predicted octanol–water partition coefficient (Wildman–Crippen LogP) is 3.44. The van der Waals surface area contributed by atoms with Crippen molar-refractivity contribution in [1.29, 1.82) is 0 Å². The minimum absolute atomic E-state index is 0.143. The first-order valence-electron chi connectivity index (χ1n) is 8.28. The van der Waals surface area contributed by atoms with E-state index in [-0.39, 0.29) is 27.7 Å². The van der Waals surface area contributed by atoms with Gasteiger partial charge in [-0.25, -0.2) is 17.5 Å². The van der Waals surface area contributed by atoms with Gasteiger partial charge in [0.25, 0.3) is 5.91 Å². The molecule has 0 unspecified atom stereocenters. The number of hydrogen-bond donors (Lipinski definition) is 2. The number of carbonyl (C=O) groups is 1. The summed E-state index contributed by atoms with van der Waals surface area (Å²) in [7, 11) is -3.85. The van der Waals surface area contributed by atoms with Crippen molar-refractivity contribution in [2.24, 2.45) is 0 Å². The molecule has 0 saturated carbocycles. The maximum atomic E-state index is 14.3. The highest BCUT2D eigenvalue weighted by Crippen LogP contribution is 2.21. The Morgan fingerprint density at radius 3 is 2.63 bits per heavy atom. The van der Waals surface area contributed by atoms with Gasteiger partial charge in [0.1, 0.15) is 5.82 Å². The zero-order valence-electron chi connectivity index (χ0n) is 14.7. The van der Waals surface area contributed by atoms with Crippen molar-refractivity contribution in [2.45, 2.75) is 18.2 Å². The van der Waals surface area contributed by atoms with Crippen LogP contribution in [0, 0.1) is 5.82 Å². The summed E-state index contributed by atoms with van der Waals surface area (Å²) in [5, 5.41) is 2.61. The number of ether oxygens (including phenoxy) is 1. The summed E-state index contributed by atoms with van der Waals surface area (Å²) in [5.74, 6) is -1.46. The van der Waals surface area contributed by atoms with E-state index in [0.717, 1.165) is 6.07 Å². The smallest absolute Gasteiger partial charge is 0.257 e. The van der Waals surface area contributed by atoms with Crippen molar-refractivity contribution in [3.05, 3.63) is 58.9 Å². The Morgan fingerprint density at radius 2 is 1.96 bits per heavy atom. The third-order valence-corrected chi connectivity index (χ3v) is 5.37. The van der Waals surface area contributed by atoms with Crippen LogP contribution in [0.5, 0.6) is 0 Å². The lowest BCUT2D eigenvalue weighted by Gasteiger charge is -2.10. The number of anilines is 1. The van der Waals surface area contributed by atoms with E-state index in [1.807, 2.05) is 6.92 Å². The molecule has 9 heteroatoms. The van der Waals surface area contributed by atoms with Gasteiger partial charge in [0.2, 0.25) is 10.0 Å². The minimum Gasteiger partial charge on any atom is -0.382 e. The highest BCUT2D eigenvalue weighted by Gasteiger charge is 2.17. The second-order valence-electron chi connectivity index (χ2n) is 5.52. The quantitative estimate of drug-likeness (QED) is 0.615. The lowest BCUT2D eigenvalue weighted by Crippen LogP contribution is -2.25. The molecular formula is C18H20ClFN2O4S. The highest BCUT2D eigenvalue weighted by molar-refractivity contribution is 7.89. The number of amides is 1. The Balaban J connectivity index is 2.06. The number of halogens is 2. The fourth-order valence-electron chi connectivity index (χ4n) is 2.21. The third-order valence-electron chi connectivity index (χ3n) is 3.58. The van der Waals surface area contributed by atoms with Crippen LogP contribution >= 0.6 is 11.6 Å². The Morgan fingerprint density at radius 1 is 1.22 bits per heavy atom. The zero-order chi connectivity index (χ0) is 19.9. The SMILES string of the molecule is CCOCCCNS(=O)(=O)c1ccc(NC(=O)c2ccccc2Cl)c(F)c1. The van der Waals surface area contributed by atoms with Gasteiger partial charge < -0.3 is 10.1 Å². The molecule has 0 radical (unpaired) electrons. The molecule has 0 atom stereocenters. The first-order chi connectivity index (χ1) is 12.8. The van der Waals surface area contributed by atoms with Crippen LogP contribution in [-0.2, 0) is 14.8 Å². The molecule has 2 aromatic rings. The van der Waals surface area contributed by atoms with Gasteiger partial charge in [0.15, 0.2) is 0 Å². The average molecular weight is 415 g/mol. The number of hydrogen-bond acceptors (Lipinski definition) is 4. The summed E-state index contributed by atoms with van der Waals surface area (Å²) in [6.07, 6.45) is 0.502. The maximum absolute atomic E-state index is 14.3. The topological polar surface area (TPSA) is 84.5 Å². The average Bonchev–Trinajstić information content (AvgIpc) is 2.63. The zero-order valence-corrected chi connectivity index (χ0v) is 16.2. The summed E-state index contributed by atoms with van der Waals surface area (Å²) in [5.41, 5.74) is 0.0430. The van der Waals surface area contributed by atoms with Crippen LogP contribution < -0.4 is 10.0 Å². The molecule has 0 fully saturated rings. The van der Waals surface area contributed by atoms with Gasteiger partial charge in [-0.2, -0.15) is 0 Å². The largest absolute Gasteiger partial charge is 0.382 e. The monoisotopic (exact) mass is 414 g/mol. The number of benzene rings is 2. The van der Waals surface area contributed by atoms with E-state index >= 15 is 0 Å². The van der Waals surface area contributed by atoms with Crippen LogP contribution in [0.1, 0.15) is 23.7 Å². The molecule has 0 bridgehead atoms. The number of carbonyl (C=O) groups excluding carboxylic acids is 1. The van der Waals surface area contributed by atoms with Gasteiger partial charge in [0.05, 0.1) is 21.2 Å². The lowest BCUT2D eigenvalue weighted by atomic mass is 10.2. The van der Waals surface area contributed by atoms with Gasteiger partial charge in [-0.05, 0) is 43.7 Å². The molecule has 6 nitrogen and oxygen atoms in total. The van der Waals surface area contributed by atoms with Gasteiger partial charge in [0, 0.05) is 19.8 Å². The van der Waals surface area contributed by atoms with E-state index in [2.05, 4.69) is 10.0 Å². The Bertz CT molecular complexity index is 906. The van der Waals surface area contributed by atoms with Crippen molar-refractivity contribution >= 4 is 33.2 Å². The van der Waals surface area contributed by atoms with Crippen LogP contribution in [0.25, 0.3) is 0 Å². The van der Waals surface area contributed by atoms with Crippen molar-refractivity contribution in [2.75, 3.05) is 25.1 Å². The highest BCUT2D eigenvalue weighted by atomic mass is 35.5. The molecule has 0 aliphatic carbocycles. The van der Waals surface area contributed by atoms with Crippen molar-refractivity contribution < 1.29 is 22.3 Å². The molecule has 2 N–H and O–H groups in total. The molecule has 0 spiro atoms. The molecular weight excluding hydrogens is 395 g/mol. The molecule has 2 aromatic carbocycles. The van der Waals surface area contributed by atoms with Crippen LogP contribution in [-0.4, -0.2) is 34.1 Å². The van der Waals surface area contributed by atoms with E-state index < -0.39 is 21.7 Å². The van der Waals surface area contributed by atoms with Crippen molar-refractivity contribution in [1.82, 2.24) is 4.72 Å². The number of nitrogens with one attached hydrogen (secondary N) is 2. The van der Waals surface area contributed by atoms with Gasteiger partial charge in [-0.15, -0.1) is 0 Å². The molecule has 0 saturated heterocycles. The normalized spacial score (nSPS) is 11.4. The van der Waals surface area contributed by atoms with Crippen LogP contribution in [0.3, 0.4) is 0 Å². The Labute approximate surface area is 162 Å².